The lowest BCUT2D eigenvalue weighted by Gasteiger charge is -2.45. The highest BCUT2D eigenvalue weighted by Crippen LogP contribution is 2.80. The van der Waals surface area contributed by atoms with Crippen molar-refractivity contribution in [1.29, 1.82) is 0 Å². The molecule has 2 heteroatoms. The molecule has 8 rings (SSSR count). The van der Waals surface area contributed by atoms with E-state index in [4.69, 9.17) is 0 Å². The van der Waals surface area contributed by atoms with Crippen molar-refractivity contribution in [3.8, 4) is 0 Å². The Morgan fingerprint density at radius 3 is 1.12 bits per heavy atom. The third-order valence-electron chi connectivity index (χ3n) is 12.1. The second kappa shape index (κ2) is 20.9. The van der Waals surface area contributed by atoms with Gasteiger partial charge in [0.15, 0.2) is 0 Å². The first-order chi connectivity index (χ1) is 31.4. The molecule has 6 aromatic carbocycles. The molecule has 0 amide bonds. The Kier molecular flexibility index (Phi) is 14.9. The number of hydrogen-bond donors (Lipinski definition) is 0. The van der Waals surface area contributed by atoms with E-state index in [9.17, 15) is 0 Å². The molecule has 0 spiro atoms. The molecule has 0 bridgehead atoms. The Bertz CT molecular complexity index is 2700. The van der Waals surface area contributed by atoms with Crippen LogP contribution < -0.4 is 0 Å². The van der Waals surface area contributed by atoms with Gasteiger partial charge in [-0.05, 0) is 82.4 Å². The minimum Gasteiger partial charge on any atom is -0.188 e. The molecule has 0 fully saturated rings. The Hall–Kier alpha value is -6.32. The first kappa shape index (κ1) is 45.7. The molecule has 64 heavy (non-hydrogen) atoms. The van der Waals surface area contributed by atoms with Crippen LogP contribution in [0.1, 0.15) is 61.1 Å². The average Bonchev–Trinajstić information content (AvgIpc) is 3.79. The Balaban J connectivity index is 0.00000302. The molecule has 6 aromatic rings. The van der Waals surface area contributed by atoms with E-state index in [1.807, 2.05) is 26.0 Å². The van der Waals surface area contributed by atoms with Gasteiger partial charge < -0.3 is 0 Å². The monoisotopic (exact) mass is 870 g/mol. The van der Waals surface area contributed by atoms with Crippen molar-refractivity contribution in [3.05, 3.63) is 287 Å². The third kappa shape index (κ3) is 8.66. The summed E-state index contributed by atoms with van der Waals surface area (Å²) in [5, 5.41) is 0. The summed E-state index contributed by atoms with van der Waals surface area (Å²) in [4.78, 5) is 5.76. The van der Waals surface area contributed by atoms with Crippen LogP contribution in [0.4, 0.5) is 0 Å². The lowest BCUT2D eigenvalue weighted by molar-refractivity contribution is 1.47. The average molecular weight is 871 g/mol. The number of hydrogen-bond acceptors (Lipinski definition) is 0. The van der Waals surface area contributed by atoms with Gasteiger partial charge in [-0.15, -0.1) is 0 Å². The fourth-order valence-electron chi connectivity index (χ4n) is 9.47. The second-order valence-corrected chi connectivity index (χ2v) is 22.7. The highest BCUT2D eigenvalue weighted by atomic mass is 32.3. The maximum absolute atomic E-state index is 4.44. The first-order valence-electron chi connectivity index (χ1n) is 22.5. The van der Waals surface area contributed by atoms with Gasteiger partial charge in [0.2, 0.25) is 0 Å². The zero-order valence-corrected chi connectivity index (χ0v) is 40.1. The SMILES string of the molecule is C=C/C=C(\C=C)C1=C(c2ccccc2)S(C)(CCS2(C)C(c3ccccc3)=C(c3ccccc3)C(c3ccccc3)=C2c2ccccc2)C(C(/C=C\C)=C/C)=C1c1ccccc1.CC. The van der Waals surface area contributed by atoms with Crippen molar-refractivity contribution in [2.24, 2.45) is 0 Å². The molecule has 0 aliphatic carbocycles. The fraction of sp³-hybridized carbons (Fsp3) is 0.129. The molecule has 1 unspecified atom stereocenters. The van der Waals surface area contributed by atoms with Crippen molar-refractivity contribution in [2.75, 3.05) is 24.0 Å². The van der Waals surface area contributed by atoms with Crippen LogP contribution in [0.25, 0.3) is 31.4 Å². The van der Waals surface area contributed by atoms with E-state index in [1.165, 1.54) is 80.9 Å². The third-order valence-corrected chi connectivity index (χ3v) is 19.8. The fourth-order valence-corrected chi connectivity index (χ4v) is 18.7. The molecule has 0 nitrogen and oxygen atoms in total. The summed E-state index contributed by atoms with van der Waals surface area (Å²) in [5.41, 5.74) is 15.2. The van der Waals surface area contributed by atoms with Crippen molar-refractivity contribution < 1.29 is 0 Å². The molecule has 0 aromatic heterocycles. The van der Waals surface area contributed by atoms with Crippen LogP contribution in [0.3, 0.4) is 0 Å². The van der Waals surface area contributed by atoms with Gasteiger partial charge in [-0.3, -0.25) is 0 Å². The Labute approximate surface area is 387 Å². The van der Waals surface area contributed by atoms with Gasteiger partial charge in [0.05, 0.1) is 0 Å². The van der Waals surface area contributed by atoms with Crippen LogP contribution >= 0.6 is 20.1 Å². The predicted octanol–water partition coefficient (Wildman–Crippen LogP) is 17.7. The lowest BCUT2D eigenvalue weighted by Crippen LogP contribution is -2.16. The van der Waals surface area contributed by atoms with Gasteiger partial charge in [0, 0.05) is 41.9 Å². The van der Waals surface area contributed by atoms with Crippen LogP contribution in [0.2, 0.25) is 0 Å². The van der Waals surface area contributed by atoms with E-state index in [0.717, 1.165) is 17.1 Å². The van der Waals surface area contributed by atoms with Crippen molar-refractivity contribution in [3.63, 3.8) is 0 Å². The normalized spacial score (nSPS) is 19.0. The van der Waals surface area contributed by atoms with Gasteiger partial charge in [-0.1, -0.05) is 245 Å². The smallest absolute Gasteiger partial charge is 0.00973 e. The zero-order chi connectivity index (χ0) is 45.1. The lowest BCUT2D eigenvalue weighted by atomic mass is 9.88. The van der Waals surface area contributed by atoms with Gasteiger partial charge in [0.1, 0.15) is 0 Å². The minimum atomic E-state index is -1.80. The summed E-state index contributed by atoms with van der Waals surface area (Å²) in [6.45, 7) is 17.0. The van der Waals surface area contributed by atoms with Crippen LogP contribution in [0.5, 0.6) is 0 Å². The molecule has 322 valence electrons. The summed E-state index contributed by atoms with van der Waals surface area (Å²) in [5.74, 6) is 1.96. The van der Waals surface area contributed by atoms with E-state index < -0.39 is 20.1 Å². The summed E-state index contributed by atoms with van der Waals surface area (Å²) in [7, 11) is -3.57. The maximum Gasteiger partial charge on any atom is 0.00973 e. The standard InChI is InChI=1S/C60H56S2.C2H6/c1-7-29-45(9-3)53-54(47-31-17-11-18-32-47)57(46(10-4)30-8-2)61(5,58(53)50-37-23-14-24-38-50)43-44-62(6)59(51-39-25-15-26-40-51)55(48-33-19-12-20-34-48)56(49-35-21-13-22-36-49)60(62)52-41-27-16-28-42-52;1-2/h7-42H,1,3,43-44H2,2,4-6H3;1-2H3/b30-8-,45-29+,46-10+;. The Morgan fingerprint density at radius 1 is 0.438 bits per heavy atom. The van der Waals surface area contributed by atoms with Gasteiger partial charge in [-0.25, -0.2) is 0 Å². The van der Waals surface area contributed by atoms with Crippen molar-refractivity contribution in [1.82, 2.24) is 0 Å². The van der Waals surface area contributed by atoms with Crippen LogP contribution in [-0.4, -0.2) is 24.0 Å². The van der Waals surface area contributed by atoms with Crippen molar-refractivity contribution in [2.45, 2.75) is 27.7 Å². The number of allylic oxidation sites excluding steroid dienone is 12. The zero-order valence-electron chi connectivity index (χ0n) is 38.4. The maximum atomic E-state index is 4.44. The predicted molar refractivity (Wildman–Crippen MR) is 291 cm³/mol. The molecular weight excluding hydrogens is 809 g/mol. The van der Waals surface area contributed by atoms with Crippen LogP contribution in [0.15, 0.2) is 253 Å². The summed E-state index contributed by atoms with van der Waals surface area (Å²) in [6, 6.07) is 67.0. The van der Waals surface area contributed by atoms with E-state index >= 15 is 0 Å². The van der Waals surface area contributed by atoms with E-state index in [1.54, 1.807) is 0 Å². The van der Waals surface area contributed by atoms with Crippen molar-refractivity contribution >= 4 is 51.5 Å². The summed E-state index contributed by atoms with van der Waals surface area (Å²) >= 11 is 0. The highest BCUT2D eigenvalue weighted by molar-refractivity contribution is 8.49. The van der Waals surface area contributed by atoms with Gasteiger partial charge in [-0.2, -0.15) is 20.1 Å². The number of rotatable bonds is 14. The number of benzene rings is 6. The largest absolute Gasteiger partial charge is 0.188 e. The molecule has 0 saturated heterocycles. The topological polar surface area (TPSA) is 0 Å². The van der Waals surface area contributed by atoms with E-state index in [0.29, 0.717) is 0 Å². The second-order valence-electron chi connectivity index (χ2n) is 15.9. The molecule has 2 aliphatic heterocycles. The van der Waals surface area contributed by atoms with E-state index in [2.05, 4.69) is 246 Å². The molecular formula is C62H62S2. The van der Waals surface area contributed by atoms with Crippen LogP contribution in [-0.2, 0) is 0 Å². The quantitative estimate of drug-likeness (QED) is 0.0957. The molecule has 1 atom stereocenters. The minimum absolute atomic E-state index is 0.975. The Morgan fingerprint density at radius 2 is 0.781 bits per heavy atom. The van der Waals surface area contributed by atoms with Gasteiger partial charge in [0.25, 0.3) is 0 Å². The molecule has 0 radical (unpaired) electrons. The first-order valence-corrected chi connectivity index (χ1v) is 26.9. The van der Waals surface area contributed by atoms with E-state index in [-0.39, 0.29) is 0 Å². The highest BCUT2D eigenvalue weighted by Gasteiger charge is 2.46. The summed E-state index contributed by atoms with van der Waals surface area (Å²) < 4.78 is 0. The molecule has 2 aliphatic rings. The molecule has 2 heterocycles. The molecule has 0 saturated carbocycles. The van der Waals surface area contributed by atoms with Crippen LogP contribution in [0, 0.1) is 0 Å². The molecule has 0 N–H and O–H groups in total. The van der Waals surface area contributed by atoms with Gasteiger partial charge >= 0.3 is 0 Å². The summed E-state index contributed by atoms with van der Waals surface area (Å²) in [6.07, 6.45) is 18.2.